The van der Waals surface area contributed by atoms with Crippen molar-refractivity contribution in [2.24, 2.45) is 0 Å². The van der Waals surface area contributed by atoms with Crippen LogP contribution >= 0.6 is 15.9 Å². The van der Waals surface area contributed by atoms with Crippen LogP contribution in [0.1, 0.15) is 25.3 Å². The summed E-state index contributed by atoms with van der Waals surface area (Å²) in [5, 5.41) is 2.95. The molecule has 0 aromatic carbocycles. The van der Waals surface area contributed by atoms with Crippen molar-refractivity contribution in [1.29, 1.82) is 0 Å². The van der Waals surface area contributed by atoms with Gasteiger partial charge in [-0.3, -0.25) is 0 Å². The van der Waals surface area contributed by atoms with Gasteiger partial charge in [0, 0.05) is 23.3 Å². The van der Waals surface area contributed by atoms with Gasteiger partial charge in [-0.2, -0.15) is 13.2 Å². The predicted octanol–water partition coefficient (Wildman–Crippen LogP) is 3.76. The largest absolute Gasteiger partial charge is 0.419 e. The summed E-state index contributed by atoms with van der Waals surface area (Å²) >= 11 is 3.04. The lowest BCUT2D eigenvalue weighted by Crippen LogP contribution is -2.42. The van der Waals surface area contributed by atoms with Gasteiger partial charge < -0.3 is 10.2 Å². The number of piperidine rings is 1. The van der Waals surface area contributed by atoms with Crippen molar-refractivity contribution in [2.45, 2.75) is 32.0 Å². The van der Waals surface area contributed by atoms with Crippen molar-refractivity contribution >= 4 is 21.7 Å². The molecule has 1 aliphatic rings. The van der Waals surface area contributed by atoms with Crippen LogP contribution in [-0.4, -0.2) is 35.6 Å². The molecular weight excluding hydrogens is 335 g/mol. The van der Waals surface area contributed by atoms with Crippen LogP contribution in [0, 0.1) is 0 Å². The summed E-state index contributed by atoms with van der Waals surface area (Å²) < 4.78 is 39.4. The Balaban J connectivity index is 2.16. The molecule has 0 bridgehead atoms. The monoisotopic (exact) mass is 351 g/mol. The van der Waals surface area contributed by atoms with Crippen molar-refractivity contribution in [3.05, 3.63) is 22.3 Å². The number of likely N-dealkylation sites (tertiary alicyclic amines) is 1. The number of anilines is 1. The van der Waals surface area contributed by atoms with E-state index in [0.717, 1.165) is 38.5 Å². The van der Waals surface area contributed by atoms with Crippen LogP contribution in [0.5, 0.6) is 0 Å². The number of nitrogens with one attached hydrogen (secondary N) is 1. The maximum absolute atomic E-state index is 13.0. The Kier molecular flexibility index (Phi) is 4.90. The maximum atomic E-state index is 13.0. The van der Waals surface area contributed by atoms with Gasteiger partial charge in [-0.1, -0.05) is 6.92 Å². The van der Waals surface area contributed by atoms with Crippen LogP contribution in [0.2, 0.25) is 0 Å². The Morgan fingerprint density at radius 2 is 2.25 bits per heavy atom. The number of hydrogen-bond acceptors (Lipinski definition) is 3. The van der Waals surface area contributed by atoms with Crippen LogP contribution in [0.3, 0.4) is 0 Å². The highest BCUT2D eigenvalue weighted by atomic mass is 79.9. The number of halogens is 4. The van der Waals surface area contributed by atoms with E-state index in [4.69, 9.17) is 0 Å². The lowest BCUT2D eigenvalue weighted by molar-refractivity contribution is -0.137. The summed E-state index contributed by atoms with van der Waals surface area (Å²) in [6, 6.07) is 1.08. The van der Waals surface area contributed by atoms with E-state index in [1.807, 2.05) is 0 Å². The molecule has 112 valence electrons. The van der Waals surface area contributed by atoms with Gasteiger partial charge in [0.25, 0.3) is 0 Å². The third kappa shape index (κ3) is 3.85. The van der Waals surface area contributed by atoms with Gasteiger partial charge in [0.2, 0.25) is 0 Å². The van der Waals surface area contributed by atoms with Gasteiger partial charge >= 0.3 is 6.18 Å². The average molecular weight is 352 g/mol. The molecule has 2 rings (SSSR count). The van der Waals surface area contributed by atoms with E-state index in [1.165, 1.54) is 6.20 Å². The number of rotatable bonds is 3. The maximum Gasteiger partial charge on any atom is 0.419 e. The molecule has 20 heavy (non-hydrogen) atoms. The molecule has 1 N–H and O–H groups in total. The van der Waals surface area contributed by atoms with Gasteiger partial charge in [-0.05, 0) is 47.9 Å². The molecule has 0 spiro atoms. The first-order valence-electron chi connectivity index (χ1n) is 6.61. The lowest BCUT2D eigenvalue weighted by Gasteiger charge is -2.33. The minimum absolute atomic E-state index is 0.0125. The zero-order chi connectivity index (χ0) is 14.8. The second-order valence-electron chi connectivity index (χ2n) is 4.92. The van der Waals surface area contributed by atoms with Gasteiger partial charge in [-0.15, -0.1) is 0 Å². The van der Waals surface area contributed by atoms with Crippen LogP contribution in [-0.2, 0) is 6.18 Å². The molecule has 0 saturated carbocycles. The van der Waals surface area contributed by atoms with Gasteiger partial charge in [0.05, 0.1) is 5.56 Å². The topological polar surface area (TPSA) is 28.2 Å². The van der Waals surface area contributed by atoms with Crippen LogP contribution in [0.15, 0.2) is 16.7 Å². The molecule has 0 amide bonds. The highest BCUT2D eigenvalue weighted by Gasteiger charge is 2.35. The van der Waals surface area contributed by atoms with Gasteiger partial charge in [0.15, 0.2) is 0 Å². The first-order chi connectivity index (χ1) is 9.40. The standard InChI is InChI=1S/C13H17BrF3N3/c1-2-20-5-3-4-10(8-20)19-12-11(13(15,16)17)6-9(14)7-18-12/h6-7,10H,2-5,8H2,1H3,(H,18,19). The van der Waals surface area contributed by atoms with Crippen LogP contribution in [0.4, 0.5) is 19.0 Å². The first-order valence-corrected chi connectivity index (χ1v) is 7.41. The fourth-order valence-corrected chi connectivity index (χ4v) is 2.76. The van der Waals surface area contributed by atoms with Crippen molar-refractivity contribution in [2.75, 3.05) is 25.0 Å². The third-order valence-corrected chi connectivity index (χ3v) is 3.89. The van der Waals surface area contributed by atoms with Crippen LogP contribution in [0.25, 0.3) is 0 Å². The van der Waals surface area contributed by atoms with E-state index < -0.39 is 11.7 Å². The summed E-state index contributed by atoms with van der Waals surface area (Å²) in [5.41, 5.74) is -0.722. The van der Waals surface area contributed by atoms with Gasteiger partial charge in [-0.25, -0.2) is 4.98 Å². The zero-order valence-electron chi connectivity index (χ0n) is 11.2. The van der Waals surface area contributed by atoms with E-state index in [9.17, 15) is 13.2 Å². The third-order valence-electron chi connectivity index (χ3n) is 3.45. The van der Waals surface area contributed by atoms with Crippen molar-refractivity contribution < 1.29 is 13.2 Å². The quantitative estimate of drug-likeness (QED) is 0.898. The Morgan fingerprint density at radius 3 is 2.90 bits per heavy atom. The normalized spacial score (nSPS) is 20.9. The first kappa shape index (κ1) is 15.6. The summed E-state index contributed by atoms with van der Waals surface area (Å²) in [6.45, 7) is 4.74. The Morgan fingerprint density at radius 1 is 1.50 bits per heavy atom. The van der Waals surface area contributed by atoms with E-state index in [2.05, 4.69) is 38.1 Å². The molecule has 1 fully saturated rings. The smallest absolute Gasteiger partial charge is 0.366 e. The average Bonchev–Trinajstić information content (AvgIpc) is 2.40. The molecule has 7 heteroatoms. The fraction of sp³-hybridized carbons (Fsp3) is 0.615. The highest BCUT2D eigenvalue weighted by Crippen LogP contribution is 2.35. The Labute approximate surface area is 124 Å². The molecule has 1 aliphatic heterocycles. The molecule has 0 radical (unpaired) electrons. The van der Waals surface area contributed by atoms with E-state index in [0.29, 0.717) is 4.47 Å². The van der Waals surface area contributed by atoms with Crippen molar-refractivity contribution in [3.63, 3.8) is 0 Å². The number of alkyl halides is 3. The minimum Gasteiger partial charge on any atom is -0.366 e. The zero-order valence-corrected chi connectivity index (χ0v) is 12.8. The molecule has 1 aromatic heterocycles. The Bertz CT molecular complexity index is 465. The lowest BCUT2D eigenvalue weighted by atomic mass is 10.1. The molecule has 2 heterocycles. The van der Waals surface area contributed by atoms with Crippen molar-refractivity contribution in [3.8, 4) is 0 Å². The summed E-state index contributed by atoms with van der Waals surface area (Å²) in [5.74, 6) is -0.0800. The van der Waals surface area contributed by atoms with E-state index >= 15 is 0 Å². The van der Waals surface area contributed by atoms with E-state index in [-0.39, 0.29) is 11.9 Å². The summed E-state index contributed by atoms with van der Waals surface area (Å²) in [7, 11) is 0. The molecular formula is C13H17BrF3N3. The molecule has 1 unspecified atom stereocenters. The van der Waals surface area contributed by atoms with Crippen molar-refractivity contribution in [1.82, 2.24) is 9.88 Å². The Hall–Kier alpha value is -0.820. The molecule has 0 aliphatic carbocycles. The second-order valence-corrected chi connectivity index (χ2v) is 5.84. The highest BCUT2D eigenvalue weighted by molar-refractivity contribution is 9.10. The number of hydrogen-bond donors (Lipinski definition) is 1. The molecule has 1 atom stereocenters. The SMILES string of the molecule is CCN1CCCC(Nc2ncc(Br)cc2C(F)(F)F)C1. The minimum atomic E-state index is -4.40. The number of aromatic nitrogens is 1. The number of likely N-dealkylation sites (N-methyl/N-ethyl adjacent to an activating group) is 1. The molecule has 3 nitrogen and oxygen atoms in total. The van der Waals surface area contributed by atoms with Gasteiger partial charge in [0.1, 0.15) is 5.82 Å². The predicted molar refractivity (Wildman–Crippen MR) is 75.7 cm³/mol. The summed E-state index contributed by atoms with van der Waals surface area (Å²) in [6.07, 6.45) is -1.16. The number of nitrogens with zero attached hydrogens (tertiary/aromatic N) is 2. The second kappa shape index (κ2) is 6.30. The number of pyridine rings is 1. The fourth-order valence-electron chi connectivity index (χ4n) is 2.42. The summed E-state index contributed by atoms with van der Waals surface area (Å²) in [4.78, 5) is 6.12. The molecule has 1 saturated heterocycles. The van der Waals surface area contributed by atoms with Crippen LogP contribution < -0.4 is 5.32 Å². The van der Waals surface area contributed by atoms with E-state index in [1.54, 1.807) is 0 Å². The molecule has 1 aromatic rings.